The normalized spacial score (nSPS) is 11.7. The highest BCUT2D eigenvalue weighted by atomic mass is 35.5. The van der Waals surface area contributed by atoms with Crippen LogP contribution < -0.4 is 10.8 Å². The van der Waals surface area contributed by atoms with E-state index in [2.05, 4.69) is 15.5 Å². The van der Waals surface area contributed by atoms with Crippen molar-refractivity contribution in [2.24, 2.45) is 5.10 Å². The first kappa shape index (κ1) is 21.4. The molecule has 4 rings (SSSR count). The standard InChI is InChI=1S/C22H17Cl2N3O3S/c1-11-4-6-13(7-5-11)18-10-17(15-8-14(23)9-16(24)19(15)30-18)26-27-22-25-12(2)20(31-22)21(28)29-3/h4-10H,1-3H3,(H,25,27)/b26-17+. The van der Waals surface area contributed by atoms with Crippen LogP contribution in [0, 0.1) is 13.8 Å². The van der Waals surface area contributed by atoms with E-state index in [0.29, 0.717) is 47.8 Å². The molecule has 0 saturated heterocycles. The molecule has 9 heteroatoms. The summed E-state index contributed by atoms with van der Waals surface area (Å²) >= 11 is 13.8. The Labute approximate surface area is 192 Å². The van der Waals surface area contributed by atoms with Crippen LogP contribution in [-0.4, -0.2) is 18.1 Å². The Hall–Kier alpha value is -2.87. The Morgan fingerprint density at radius 1 is 1.16 bits per heavy atom. The zero-order valence-corrected chi connectivity index (χ0v) is 19.2. The van der Waals surface area contributed by atoms with Gasteiger partial charge in [-0.2, -0.15) is 5.10 Å². The van der Waals surface area contributed by atoms with Crippen LogP contribution in [0.25, 0.3) is 22.3 Å². The van der Waals surface area contributed by atoms with Crippen molar-refractivity contribution in [1.82, 2.24) is 4.98 Å². The summed E-state index contributed by atoms with van der Waals surface area (Å²) in [7, 11) is 1.33. The van der Waals surface area contributed by atoms with Gasteiger partial charge >= 0.3 is 5.97 Å². The summed E-state index contributed by atoms with van der Waals surface area (Å²) in [6.07, 6.45) is 0. The number of esters is 1. The molecule has 158 valence electrons. The molecule has 0 radical (unpaired) electrons. The lowest BCUT2D eigenvalue weighted by atomic mass is 10.1. The van der Waals surface area contributed by atoms with Crippen LogP contribution in [0.5, 0.6) is 0 Å². The number of carbonyl (C=O) groups excluding carboxylic acids is 1. The first-order valence-electron chi connectivity index (χ1n) is 9.21. The summed E-state index contributed by atoms with van der Waals surface area (Å²) in [4.78, 5) is 16.6. The average molecular weight is 474 g/mol. The van der Waals surface area contributed by atoms with Gasteiger partial charge in [0.1, 0.15) is 10.6 Å². The molecule has 0 aliphatic rings. The van der Waals surface area contributed by atoms with Crippen LogP contribution in [0.15, 0.2) is 52.0 Å². The summed E-state index contributed by atoms with van der Waals surface area (Å²) in [6, 6.07) is 13.1. The summed E-state index contributed by atoms with van der Waals surface area (Å²) in [5, 5.41) is 7.00. The van der Waals surface area contributed by atoms with Gasteiger partial charge in [-0.15, -0.1) is 0 Å². The molecule has 2 aromatic heterocycles. The number of halogens is 2. The Kier molecular flexibility index (Phi) is 6.00. The highest BCUT2D eigenvalue weighted by Gasteiger charge is 2.16. The number of benzene rings is 2. The second-order valence-electron chi connectivity index (χ2n) is 6.77. The molecule has 2 aromatic carbocycles. The highest BCUT2D eigenvalue weighted by molar-refractivity contribution is 7.17. The quantitative estimate of drug-likeness (QED) is 0.282. The molecule has 0 saturated carbocycles. The number of hydrogen-bond donors (Lipinski definition) is 1. The van der Waals surface area contributed by atoms with E-state index in [1.807, 2.05) is 31.2 Å². The lowest BCUT2D eigenvalue weighted by molar-refractivity contribution is 0.0605. The molecule has 0 aliphatic heterocycles. The molecule has 0 atom stereocenters. The minimum atomic E-state index is -0.438. The third-order valence-corrected chi connectivity index (χ3v) is 6.08. The first-order valence-corrected chi connectivity index (χ1v) is 10.8. The van der Waals surface area contributed by atoms with Gasteiger partial charge in [0.15, 0.2) is 5.58 Å². The number of rotatable bonds is 4. The number of carbonyl (C=O) groups is 1. The molecular weight excluding hydrogens is 457 g/mol. The molecule has 2 heterocycles. The molecule has 0 spiro atoms. The van der Waals surface area contributed by atoms with Crippen LogP contribution in [0.4, 0.5) is 5.13 Å². The number of aromatic nitrogens is 1. The predicted octanol–water partition coefficient (Wildman–Crippen LogP) is 6.19. The fourth-order valence-corrected chi connectivity index (χ4v) is 4.34. The van der Waals surface area contributed by atoms with Crippen molar-refractivity contribution in [2.45, 2.75) is 13.8 Å². The second kappa shape index (κ2) is 8.70. The van der Waals surface area contributed by atoms with E-state index >= 15 is 0 Å². The molecule has 0 fully saturated rings. The van der Waals surface area contributed by atoms with Gasteiger partial charge in [0.25, 0.3) is 0 Å². The van der Waals surface area contributed by atoms with E-state index in [1.54, 1.807) is 25.1 Å². The third kappa shape index (κ3) is 4.44. The topological polar surface area (TPSA) is 76.7 Å². The summed E-state index contributed by atoms with van der Waals surface area (Å²) in [5.41, 5.74) is 5.97. The SMILES string of the molecule is COC(=O)c1sc(N/N=c2\cc(-c3ccc(C)cc3)oc3c(Cl)cc(Cl)cc23)nc1C. The molecule has 0 bridgehead atoms. The zero-order valence-electron chi connectivity index (χ0n) is 16.8. The summed E-state index contributed by atoms with van der Waals surface area (Å²) < 4.78 is 10.9. The minimum Gasteiger partial charge on any atom is -0.465 e. The van der Waals surface area contributed by atoms with Crippen molar-refractivity contribution in [3.8, 4) is 11.3 Å². The van der Waals surface area contributed by atoms with E-state index in [0.717, 1.165) is 22.5 Å². The van der Waals surface area contributed by atoms with E-state index in [4.69, 9.17) is 32.4 Å². The lowest BCUT2D eigenvalue weighted by Gasteiger charge is -2.07. The van der Waals surface area contributed by atoms with Gasteiger partial charge in [0.05, 0.1) is 23.2 Å². The molecule has 4 aromatic rings. The maximum atomic E-state index is 11.8. The number of anilines is 1. The van der Waals surface area contributed by atoms with Crippen molar-refractivity contribution < 1.29 is 13.9 Å². The number of aryl methyl sites for hydroxylation is 2. The maximum absolute atomic E-state index is 11.8. The van der Waals surface area contributed by atoms with Crippen LogP contribution in [0.3, 0.4) is 0 Å². The van der Waals surface area contributed by atoms with E-state index in [9.17, 15) is 4.79 Å². The van der Waals surface area contributed by atoms with Gasteiger partial charge in [0, 0.05) is 22.0 Å². The largest absolute Gasteiger partial charge is 0.465 e. The minimum absolute atomic E-state index is 0.381. The number of methoxy groups -OCH3 is 1. The molecule has 0 unspecified atom stereocenters. The Balaban J connectivity index is 1.85. The van der Waals surface area contributed by atoms with Crippen LogP contribution in [0.1, 0.15) is 20.9 Å². The van der Waals surface area contributed by atoms with E-state index in [-0.39, 0.29) is 0 Å². The fraction of sp³-hybridized carbons (Fsp3) is 0.136. The van der Waals surface area contributed by atoms with Gasteiger partial charge < -0.3 is 9.15 Å². The van der Waals surface area contributed by atoms with Crippen LogP contribution in [0.2, 0.25) is 10.0 Å². The van der Waals surface area contributed by atoms with Crippen molar-refractivity contribution in [3.63, 3.8) is 0 Å². The summed E-state index contributed by atoms with van der Waals surface area (Å²) in [5.74, 6) is 0.162. The smallest absolute Gasteiger partial charge is 0.350 e. The number of nitrogens with zero attached hydrogens (tertiary/aromatic N) is 2. The van der Waals surface area contributed by atoms with Gasteiger partial charge in [-0.25, -0.2) is 9.78 Å². The lowest BCUT2D eigenvalue weighted by Crippen LogP contribution is -2.07. The van der Waals surface area contributed by atoms with Crippen LogP contribution >= 0.6 is 34.5 Å². The highest BCUT2D eigenvalue weighted by Crippen LogP contribution is 2.30. The zero-order chi connectivity index (χ0) is 22.1. The van der Waals surface area contributed by atoms with Gasteiger partial charge in [-0.3, -0.25) is 5.43 Å². The number of nitrogens with one attached hydrogen (secondary N) is 1. The number of fused-ring (bicyclic) bond motifs is 1. The Bertz CT molecular complexity index is 1360. The fourth-order valence-electron chi connectivity index (χ4n) is 2.98. The van der Waals surface area contributed by atoms with E-state index < -0.39 is 5.97 Å². The molecule has 31 heavy (non-hydrogen) atoms. The van der Waals surface area contributed by atoms with Crippen LogP contribution in [-0.2, 0) is 4.74 Å². The van der Waals surface area contributed by atoms with Crippen molar-refractivity contribution >= 4 is 56.6 Å². The molecule has 6 nitrogen and oxygen atoms in total. The van der Waals surface area contributed by atoms with Gasteiger partial charge in [-0.1, -0.05) is 64.4 Å². The predicted molar refractivity (Wildman–Crippen MR) is 124 cm³/mol. The summed E-state index contributed by atoms with van der Waals surface area (Å²) in [6.45, 7) is 3.75. The van der Waals surface area contributed by atoms with E-state index in [1.165, 1.54) is 7.11 Å². The molecular formula is C22H17Cl2N3O3S. The first-order chi connectivity index (χ1) is 14.9. The van der Waals surface area contributed by atoms with Gasteiger partial charge in [0.2, 0.25) is 5.13 Å². The monoisotopic (exact) mass is 473 g/mol. The average Bonchev–Trinajstić information content (AvgIpc) is 3.12. The Morgan fingerprint density at radius 2 is 1.90 bits per heavy atom. The van der Waals surface area contributed by atoms with Crippen molar-refractivity contribution in [1.29, 1.82) is 0 Å². The maximum Gasteiger partial charge on any atom is 0.350 e. The van der Waals surface area contributed by atoms with Crippen molar-refractivity contribution in [3.05, 3.63) is 74.0 Å². The van der Waals surface area contributed by atoms with Gasteiger partial charge in [-0.05, 0) is 26.0 Å². The Morgan fingerprint density at radius 3 is 2.61 bits per heavy atom. The van der Waals surface area contributed by atoms with Crippen molar-refractivity contribution in [2.75, 3.05) is 12.5 Å². The number of thiazole rings is 1. The molecule has 0 amide bonds. The third-order valence-electron chi connectivity index (χ3n) is 4.54. The number of ether oxygens (including phenoxy) is 1. The molecule has 0 aliphatic carbocycles. The number of hydrogen-bond acceptors (Lipinski definition) is 7. The second-order valence-corrected chi connectivity index (χ2v) is 8.62. The molecule has 1 N–H and O–H groups in total.